The van der Waals surface area contributed by atoms with Gasteiger partial charge in [-0.2, -0.15) is 4.57 Å². The number of aromatic nitrogens is 1. The molecule has 3 aromatic carbocycles. The van der Waals surface area contributed by atoms with Gasteiger partial charge in [0.25, 0.3) is 0 Å². The van der Waals surface area contributed by atoms with Crippen LogP contribution in [0.15, 0.2) is 84.9 Å². The molecule has 1 aliphatic rings. The van der Waals surface area contributed by atoms with Crippen LogP contribution in [0, 0.1) is 0 Å². The van der Waals surface area contributed by atoms with E-state index in [0.717, 1.165) is 6.54 Å². The van der Waals surface area contributed by atoms with E-state index in [2.05, 4.69) is 89.5 Å². The lowest BCUT2D eigenvalue weighted by atomic mass is 9.99. The van der Waals surface area contributed by atoms with Gasteiger partial charge in [-0.3, -0.25) is 0 Å². The van der Waals surface area contributed by atoms with Crippen molar-refractivity contribution in [3.63, 3.8) is 0 Å². The number of pyridine rings is 1. The van der Waals surface area contributed by atoms with Crippen molar-refractivity contribution in [3.05, 3.63) is 90.5 Å². The van der Waals surface area contributed by atoms with Gasteiger partial charge in [-0.25, -0.2) is 0 Å². The summed E-state index contributed by atoms with van der Waals surface area (Å²) in [6.07, 6.45) is 0. The second-order valence-electron chi connectivity index (χ2n) is 6.10. The second-order valence-corrected chi connectivity index (χ2v) is 6.10. The van der Waals surface area contributed by atoms with Crippen LogP contribution in [0.2, 0.25) is 0 Å². The molecular weight excluding hydrogens is 278 g/mol. The van der Waals surface area contributed by atoms with Gasteiger partial charge in [0.1, 0.15) is 0 Å². The smallest absolute Gasteiger partial charge is 0.187 e. The zero-order valence-electron chi connectivity index (χ0n) is 12.7. The lowest BCUT2D eigenvalue weighted by Gasteiger charge is -2.03. The van der Waals surface area contributed by atoms with Gasteiger partial charge in [-0.05, 0) is 29.3 Å². The van der Waals surface area contributed by atoms with Gasteiger partial charge in [-0.1, -0.05) is 54.6 Å². The molecule has 0 saturated heterocycles. The fourth-order valence-corrected chi connectivity index (χ4v) is 3.60. The first-order chi connectivity index (χ1) is 11.4. The molecule has 1 aromatic heterocycles. The Labute approximate surface area is 135 Å². The number of rotatable bonds is 1. The van der Waals surface area contributed by atoms with Crippen molar-refractivity contribution in [2.75, 3.05) is 0 Å². The minimum absolute atomic E-state index is 0.959. The van der Waals surface area contributed by atoms with Crippen LogP contribution < -0.4 is 4.57 Å². The molecule has 1 aliphatic heterocycles. The molecule has 108 valence electrons. The van der Waals surface area contributed by atoms with Crippen molar-refractivity contribution in [3.8, 4) is 22.4 Å². The van der Waals surface area contributed by atoms with Crippen LogP contribution in [0.25, 0.3) is 33.3 Å². The molecule has 23 heavy (non-hydrogen) atoms. The zero-order valence-corrected chi connectivity index (χ0v) is 12.7. The summed E-state index contributed by atoms with van der Waals surface area (Å²) in [6.45, 7) is 0.959. The molecule has 2 heterocycles. The summed E-state index contributed by atoms with van der Waals surface area (Å²) in [5, 5.41) is 1.30. The summed E-state index contributed by atoms with van der Waals surface area (Å²) in [6, 6.07) is 30.5. The van der Waals surface area contributed by atoms with Crippen LogP contribution in [0.5, 0.6) is 0 Å². The Morgan fingerprint density at radius 3 is 2.39 bits per heavy atom. The van der Waals surface area contributed by atoms with Crippen molar-refractivity contribution in [1.82, 2.24) is 0 Å². The minimum Gasteiger partial charge on any atom is -0.187 e. The van der Waals surface area contributed by atoms with Crippen LogP contribution in [-0.4, -0.2) is 0 Å². The standard InChI is InChI=1S/C22H16N/c1-2-6-16(7-3-1)18-10-11-19-15-23-21-9-5-4-8-17(21)12-13-22(23)20(19)14-18/h1-14H,15H2/q+1. The van der Waals surface area contributed by atoms with E-state index in [1.54, 1.807) is 0 Å². The fourth-order valence-electron chi connectivity index (χ4n) is 3.60. The largest absolute Gasteiger partial charge is 0.213 e. The Morgan fingerprint density at radius 1 is 0.652 bits per heavy atom. The molecule has 0 aliphatic carbocycles. The maximum absolute atomic E-state index is 2.43. The lowest BCUT2D eigenvalue weighted by Crippen LogP contribution is -2.33. The van der Waals surface area contributed by atoms with Gasteiger partial charge in [0.15, 0.2) is 6.54 Å². The third kappa shape index (κ3) is 1.90. The average molecular weight is 294 g/mol. The predicted molar refractivity (Wildman–Crippen MR) is 94.1 cm³/mol. The Kier molecular flexibility index (Phi) is 2.62. The highest BCUT2D eigenvalue weighted by Gasteiger charge is 2.28. The fraction of sp³-hybridized carbons (Fsp3) is 0.0455. The third-order valence-electron chi connectivity index (χ3n) is 4.76. The highest BCUT2D eigenvalue weighted by molar-refractivity contribution is 5.80. The summed E-state index contributed by atoms with van der Waals surface area (Å²) in [7, 11) is 0. The number of hydrogen-bond acceptors (Lipinski definition) is 0. The quantitative estimate of drug-likeness (QED) is 0.390. The van der Waals surface area contributed by atoms with E-state index < -0.39 is 0 Å². The molecule has 1 heteroatoms. The van der Waals surface area contributed by atoms with E-state index in [1.807, 2.05) is 0 Å². The highest BCUT2D eigenvalue weighted by atomic mass is 15.0. The number of nitrogens with zero attached hydrogens (tertiary/aromatic N) is 1. The topological polar surface area (TPSA) is 3.88 Å². The van der Waals surface area contributed by atoms with E-state index in [1.165, 1.54) is 38.9 Å². The number of hydrogen-bond donors (Lipinski definition) is 0. The van der Waals surface area contributed by atoms with E-state index in [9.17, 15) is 0 Å². The van der Waals surface area contributed by atoms with E-state index in [0.29, 0.717) is 0 Å². The SMILES string of the molecule is c1ccc(-c2ccc3c(c2)-c2ccc4ccccc4[n+]2C3)cc1. The molecule has 0 spiro atoms. The van der Waals surface area contributed by atoms with Crippen molar-refractivity contribution >= 4 is 10.9 Å². The monoisotopic (exact) mass is 294 g/mol. The second kappa shape index (κ2) is 4.79. The first kappa shape index (κ1) is 12.6. The lowest BCUT2D eigenvalue weighted by molar-refractivity contribution is -0.645. The molecule has 5 rings (SSSR count). The molecule has 1 nitrogen and oxygen atoms in total. The van der Waals surface area contributed by atoms with Crippen molar-refractivity contribution in [1.29, 1.82) is 0 Å². The molecule has 0 bridgehead atoms. The Hall–Kier alpha value is -2.93. The van der Waals surface area contributed by atoms with Gasteiger partial charge < -0.3 is 0 Å². The summed E-state index contributed by atoms with van der Waals surface area (Å²) in [5.74, 6) is 0. The van der Waals surface area contributed by atoms with Gasteiger partial charge in [0.2, 0.25) is 11.2 Å². The number of fused-ring (bicyclic) bond motifs is 5. The van der Waals surface area contributed by atoms with Crippen LogP contribution in [0.4, 0.5) is 0 Å². The molecule has 4 aromatic rings. The predicted octanol–water partition coefficient (Wildman–Crippen LogP) is 4.82. The first-order valence-corrected chi connectivity index (χ1v) is 8.00. The van der Waals surface area contributed by atoms with Gasteiger partial charge in [-0.15, -0.1) is 0 Å². The maximum Gasteiger partial charge on any atom is 0.213 e. The van der Waals surface area contributed by atoms with E-state index >= 15 is 0 Å². The summed E-state index contributed by atoms with van der Waals surface area (Å²) in [4.78, 5) is 0. The molecule has 0 fully saturated rings. The third-order valence-corrected chi connectivity index (χ3v) is 4.76. The average Bonchev–Trinajstić information content (AvgIpc) is 3.01. The maximum atomic E-state index is 2.43. The van der Waals surface area contributed by atoms with Gasteiger partial charge in [0, 0.05) is 23.1 Å². The van der Waals surface area contributed by atoms with E-state index in [4.69, 9.17) is 0 Å². The summed E-state index contributed by atoms with van der Waals surface area (Å²) in [5.41, 5.74) is 7.94. The van der Waals surface area contributed by atoms with Crippen LogP contribution >= 0.6 is 0 Å². The van der Waals surface area contributed by atoms with Crippen molar-refractivity contribution < 1.29 is 4.57 Å². The Morgan fingerprint density at radius 2 is 1.48 bits per heavy atom. The van der Waals surface area contributed by atoms with Crippen molar-refractivity contribution in [2.45, 2.75) is 6.54 Å². The van der Waals surface area contributed by atoms with Crippen LogP contribution in [-0.2, 0) is 6.54 Å². The molecular formula is C22H16N+. The Balaban J connectivity index is 1.73. The Bertz CT molecular complexity index is 1030. The zero-order chi connectivity index (χ0) is 15.2. The molecule has 0 N–H and O–H groups in total. The number of para-hydroxylation sites is 1. The molecule has 0 amide bonds. The highest BCUT2D eigenvalue weighted by Crippen LogP contribution is 2.32. The molecule has 0 unspecified atom stereocenters. The molecule has 0 saturated carbocycles. The van der Waals surface area contributed by atoms with Crippen LogP contribution in [0.1, 0.15) is 5.56 Å². The van der Waals surface area contributed by atoms with E-state index in [-0.39, 0.29) is 0 Å². The van der Waals surface area contributed by atoms with Gasteiger partial charge in [0.05, 0.1) is 5.56 Å². The van der Waals surface area contributed by atoms with Crippen LogP contribution in [0.3, 0.4) is 0 Å². The first-order valence-electron chi connectivity index (χ1n) is 8.00. The van der Waals surface area contributed by atoms with Crippen molar-refractivity contribution in [2.24, 2.45) is 0 Å². The minimum atomic E-state index is 0.959. The normalized spacial score (nSPS) is 12.2. The van der Waals surface area contributed by atoms with Gasteiger partial charge >= 0.3 is 0 Å². The summed E-state index contributed by atoms with van der Waals surface area (Å²) < 4.78 is 2.43. The summed E-state index contributed by atoms with van der Waals surface area (Å²) >= 11 is 0. The molecule has 0 atom stereocenters. The number of benzene rings is 3. The molecule has 0 radical (unpaired) electrons.